The summed E-state index contributed by atoms with van der Waals surface area (Å²) in [6.45, 7) is 3.43. The van der Waals surface area contributed by atoms with Crippen LogP contribution in [0.5, 0.6) is 0 Å². The summed E-state index contributed by atoms with van der Waals surface area (Å²) >= 11 is 12.0. The number of rotatable bonds is 6. The summed E-state index contributed by atoms with van der Waals surface area (Å²) in [6, 6.07) is 21.5. The van der Waals surface area contributed by atoms with Crippen LogP contribution in [0.2, 0.25) is 10.0 Å². The minimum absolute atomic E-state index is 0.424. The summed E-state index contributed by atoms with van der Waals surface area (Å²) in [5, 5.41) is 11.7. The molecule has 4 rings (SSSR count). The van der Waals surface area contributed by atoms with E-state index in [2.05, 4.69) is 0 Å². The molecule has 0 aliphatic rings. The molecule has 0 amide bonds. The molecule has 0 fully saturated rings. The van der Waals surface area contributed by atoms with E-state index in [1.165, 1.54) is 0 Å². The van der Waals surface area contributed by atoms with Gasteiger partial charge in [0.1, 0.15) is 17.7 Å². The van der Waals surface area contributed by atoms with Crippen molar-refractivity contribution in [3.05, 3.63) is 100 Å². The van der Waals surface area contributed by atoms with E-state index >= 15 is 0 Å². The SMILES string of the molecule is C[S+](O)c1cccc(-c2ccc(-n3cc(C(C)(C)O)nc3Cc3c(Cl)cccc3Cl)cc2)c1. The first-order valence-corrected chi connectivity index (χ1v) is 12.8. The number of hydrogen-bond acceptors (Lipinski definition) is 3. The van der Waals surface area contributed by atoms with Crippen LogP contribution in [0.25, 0.3) is 16.8 Å². The maximum Gasteiger partial charge on any atom is 0.190 e. The molecule has 0 aliphatic carbocycles. The summed E-state index contributed by atoms with van der Waals surface area (Å²) in [7, 11) is 0. The van der Waals surface area contributed by atoms with Crippen LogP contribution in [-0.2, 0) is 23.2 Å². The predicted molar refractivity (Wildman–Crippen MR) is 138 cm³/mol. The van der Waals surface area contributed by atoms with Gasteiger partial charge in [0.25, 0.3) is 0 Å². The van der Waals surface area contributed by atoms with E-state index in [1.807, 2.05) is 77.5 Å². The van der Waals surface area contributed by atoms with Gasteiger partial charge in [0.05, 0.1) is 5.69 Å². The Balaban J connectivity index is 1.74. The Kier molecular flexibility index (Phi) is 6.89. The fraction of sp³-hybridized carbons (Fsp3) is 0.192. The highest BCUT2D eigenvalue weighted by Gasteiger charge is 2.23. The van der Waals surface area contributed by atoms with E-state index in [4.69, 9.17) is 28.2 Å². The van der Waals surface area contributed by atoms with Gasteiger partial charge in [-0.25, -0.2) is 4.98 Å². The second-order valence-corrected chi connectivity index (χ2v) is 10.6. The Morgan fingerprint density at radius 2 is 1.58 bits per heavy atom. The molecule has 0 aliphatic heterocycles. The van der Waals surface area contributed by atoms with Crippen molar-refractivity contribution in [3.8, 4) is 16.8 Å². The second-order valence-electron chi connectivity index (χ2n) is 8.40. The molecule has 1 heterocycles. The van der Waals surface area contributed by atoms with Gasteiger partial charge >= 0.3 is 0 Å². The number of aliphatic hydroxyl groups is 1. The van der Waals surface area contributed by atoms with E-state index in [9.17, 15) is 9.66 Å². The quantitative estimate of drug-likeness (QED) is 0.288. The zero-order chi connectivity index (χ0) is 23.8. The Morgan fingerprint density at radius 3 is 2.18 bits per heavy atom. The fourth-order valence-corrected chi connectivity index (χ4v) is 4.70. The van der Waals surface area contributed by atoms with Gasteiger partial charge in [0.2, 0.25) is 0 Å². The van der Waals surface area contributed by atoms with Crippen LogP contribution in [-0.4, -0.2) is 25.5 Å². The van der Waals surface area contributed by atoms with E-state index in [0.717, 1.165) is 33.1 Å². The molecule has 1 aromatic heterocycles. The summed E-state index contributed by atoms with van der Waals surface area (Å²) in [5.74, 6) is 0.729. The molecule has 2 N–H and O–H groups in total. The normalized spacial score (nSPS) is 12.7. The molecule has 0 saturated heterocycles. The second kappa shape index (κ2) is 9.53. The van der Waals surface area contributed by atoms with Gasteiger partial charge in [-0.2, -0.15) is 4.55 Å². The number of halogens is 2. The van der Waals surface area contributed by atoms with Crippen molar-refractivity contribution >= 4 is 34.4 Å². The van der Waals surface area contributed by atoms with Crippen molar-refractivity contribution in [1.82, 2.24) is 9.55 Å². The first-order chi connectivity index (χ1) is 15.6. The Hall–Kier alpha value is -2.28. The van der Waals surface area contributed by atoms with Crippen molar-refractivity contribution in [2.75, 3.05) is 6.26 Å². The van der Waals surface area contributed by atoms with E-state index in [1.54, 1.807) is 20.1 Å². The minimum Gasteiger partial charge on any atom is -0.384 e. The Bertz CT molecular complexity index is 1260. The largest absolute Gasteiger partial charge is 0.384 e. The Morgan fingerprint density at radius 1 is 0.939 bits per heavy atom. The van der Waals surface area contributed by atoms with Crippen molar-refractivity contribution in [3.63, 3.8) is 0 Å². The standard InChI is InChI=1S/C26H25Cl2N2O2S/c1-26(2,31)24-16-30(25(29-24)15-21-22(27)8-5-9-23(21)28)19-12-10-17(11-13-19)18-6-4-7-20(14-18)33(3)32/h4-14,16,31-32H,15H2,1-3H3/q+1. The number of imidazole rings is 1. The van der Waals surface area contributed by atoms with E-state index in [0.29, 0.717) is 22.2 Å². The first kappa shape index (κ1) is 23.9. The molecular weight excluding hydrogens is 475 g/mol. The van der Waals surface area contributed by atoms with E-state index < -0.39 is 16.8 Å². The van der Waals surface area contributed by atoms with Gasteiger partial charge in [-0.05, 0) is 60.9 Å². The number of hydrogen-bond donors (Lipinski definition) is 2. The molecule has 0 saturated carbocycles. The number of aromatic nitrogens is 2. The molecule has 4 aromatic rings. The van der Waals surface area contributed by atoms with Crippen LogP contribution in [0, 0.1) is 0 Å². The van der Waals surface area contributed by atoms with Crippen LogP contribution < -0.4 is 0 Å². The summed E-state index contributed by atoms with van der Waals surface area (Å²) < 4.78 is 11.9. The van der Waals surface area contributed by atoms with Crippen LogP contribution in [0.1, 0.15) is 30.9 Å². The lowest BCUT2D eigenvalue weighted by atomic mass is 10.1. The average Bonchev–Trinajstić information content (AvgIpc) is 3.21. The van der Waals surface area contributed by atoms with Crippen molar-refractivity contribution in [2.24, 2.45) is 0 Å². The molecule has 7 heteroatoms. The summed E-state index contributed by atoms with van der Waals surface area (Å²) in [6.07, 6.45) is 4.06. The van der Waals surface area contributed by atoms with Gasteiger partial charge in [0.15, 0.2) is 16.1 Å². The lowest BCUT2D eigenvalue weighted by Crippen LogP contribution is -2.15. The average molecular weight is 500 g/mol. The molecule has 3 aromatic carbocycles. The topological polar surface area (TPSA) is 58.3 Å². The molecule has 1 unspecified atom stereocenters. The minimum atomic E-state index is -1.09. The molecule has 33 heavy (non-hydrogen) atoms. The molecule has 0 radical (unpaired) electrons. The van der Waals surface area contributed by atoms with Crippen LogP contribution in [0.4, 0.5) is 0 Å². The molecule has 1 atom stereocenters. The fourth-order valence-electron chi connectivity index (χ4n) is 3.59. The van der Waals surface area contributed by atoms with Gasteiger partial charge in [-0.1, -0.05) is 53.5 Å². The highest BCUT2D eigenvalue weighted by atomic mass is 35.5. The van der Waals surface area contributed by atoms with Gasteiger partial charge in [-0.3, -0.25) is 0 Å². The zero-order valence-electron chi connectivity index (χ0n) is 18.6. The van der Waals surface area contributed by atoms with Crippen molar-refractivity contribution < 1.29 is 9.66 Å². The molecule has 0 spiro atoms. The Labute approximate surface area is 207 Å². The number of benzene rings is 3. The molecule has 4 nitrogen and oxygen atoms in total. The van der Waals surface area contributed by atoms with Crippen molar-refractivity contribution in [1.29, 1.82) is 0 Å². The highest BCUT2D eigenvalue weighted by Crippen LogP contribution is 2.30. The van der Waals surface area contributed by atoms with E-state index in [-0.39, 0.29) is 0 Å². The lowest BCUT2D eigenvalue weighted by Gasteiger charge is -2.13. The monoisotopic (exact) mass is 499 g/mol. The van der Waals surface area contributed by atoms with Crippen LogP contribution in [0.15, 0.2) is 77.8 Å². The lowest BCUT2D eigenvalue weighted by molar-refractivity contribution is 0.0741. The zero-order valence-corrected chi connectivity index (χ0v) is 20.9. The van der Waals surface area contributed by atoms with Gasteiger partial charge in [-0.15, -0.1) is 0 Å². The molecule has 170 valence electrons. The van der Waals surface area contributed by atoms with Crippen LogP contribution in [0.3, 0.4) is 0 Å². The molecule has 0 bridgehead atoms. The number of nitrogens with zero attached hydrogens (tertiary/aromatic N) is 2. The summed E-state index contributed by atoms with van der Waals surface area (Å²) in [4.78, 5) is 5.62. The third-order valence-corrected chi connectivity index (χ3v) is 7.10. The third kappa shape index (κ3) is 5.29. The predicted octanol–water partition coefficient (Wildman–Crippen LogP) is 6.74. The smallest absolute Gasteiger partial charge is 0.190 e. The van der Waals surface area contributed by atoms with Gasteiger partial charge in [0, 0.05) is 34.4 Å². The van der Waals surface area contributed by atoms with Crippen LogP contribution >= 0.6 is 23.2 Å². The van der Waals surface area contributed by atoms with Crippen molar-refractivity contribution in [2.45, 2.75) is 30.8 Å². The maximum absolute atomic E-state index is 10.6. The highest BCUT2D eigenvalue weighted by molar-refractivity contribution is 7.90. The van der Waals surface area contributed by atoms with Gasteiger partial charge < -0.3 is 9.67 Å². The third-order valence-electron chi connectivity index (χ3n) is 5.46. The molecular formula is C26H25Cl2N2O2S+. The maximum atomic E-state index is 10.6. The first-order valence-electron chi connectivity index (χ1n) is 10.4. The summed E-state index contributed by atoms with van der Waals surface area (Å²) in [5.41, 5.74) is 3.26.